The van der Waals surface area contributed by atoms with Crippen LogP contribution in [-0.4, -0.2) is 29.6 Å². The number of carbonyl (C=O) groups is 2. The molecule has 1 aliphatic rings. The summed E-state index contributed by atoms with van der Waals surface area (Å²) in [5, 5.41) is 14.7. The van der Waals surface area contributed by atoms with Crippen LogP contribution >= 0.6 is 15.9 Å². The molecule has 0 spiro atoms. The molecule has 96 valence electrons. The van der Waals surface area contributed by atoms with Gasteiger partial charge in [-0.25, -0.2) is 4.79 Å². The third-order valence-corrected chi connectivity index (χ3v) is 3.30. The average molecular weight is 313 g/mol. The molecular weight excluding hydrogens is 300 g/mol. The number of amides is 1. The lowest BCUT2D eigenvalue weighted by atomic mass is 10.2. The first kappa shape index (κ1) is 13.0. The van der Waals surface area contributed by atoms with E-state index in [1.54, 1.807) is 12.1 Å². The van der Waals surface area contributed by atoms with Crippen molar-refractivity contribution >= 4 is 33.5 Å². The number of aromatic carboxylic acids is 1. The second-order valence-corrected chi connectivity index (χ2v) is 5.06. The number of hydrogen-bond acceptors (Lipinski definition) is 3. The van der Waals surface area contributed by atoms with E-state index in [1.165, 1.54) is 6.07 Å². The molecule has 1 saturated carbocycles. The number of benzene rings is 1. The van der Waals surface area contributed by atoms with Gasteiger partial charge in [-0.1, -0.05) is 0 Å². The average Bonchev–Trinajstić information content (AvgIpc) is 3.12. The van der Waals surface area contributed by atoms with Crippen molar-refractivity contribution in [2.75, 3.05) is 11.9 Å². The van der Waals surface area contributed by atoms with E-state index in [0.29, 0.717) is 16.2 Å². The van der Waals surface area contributed by atoms with Crippen LogP contribution in [0.5, 0.6) is 0 Å². The summed E-state index contributed by atoms with van der Waals surface area (Å²) in [7, 11) is 0. The fourth-order valence-corrected chi connectivity index (χ4v) is 1.91. The van der Waals surface area contributed by atoms with Gasteiger partial charge in [0.25, 0.3) is 0 Å². The molecule has 0 unspecified atom stereocenters. The Morgan fingerprint density at radius 2 is 2.11 bits per heavy atom. The summed E-state index contributed by atoms with van der Waals surface area (Å²) in [5.74, 6) is -1.20. The summed E-state index contributed by atoms with van der Waals surface area (Å²) in [6.45, 7) is 0.253. The van der Waals surface area contributed by atoms with Crippen molar-refractivity contribution in [3.05, 3.63) is 28.2 Å². The highest BCUT2D eigenvalue weighted by atomic mass is 79.9. The lowest BCUT2D eigenvalue weighted by Crippen LogP contribution is -2.29. The molecule has 5 nitrogen and oxygen atoms in total. The van der Waals surface area contributed by atoms with Gasteiger partial charge in [-0.3, -0.25) is 4.79 Å². The van der Waals surface area contributed by atoms with Gasteiger partial charge in [0.2, 0.25) is 5.91 Å². The first-order chi connectivity index (χ1) is 8.56. The maximum absolute atomic E-state index is 11.6. The molecule has 18 heavy (non-hydrogen) atoms. The van der Waals surface area contributed by atoms with Crippen LogP contribution in [0.1, 0.15) is 23.2 Å². The van der Waals surface area contributed by atoms with Gasteiger partial charge in [-0.15, -0.1) is 0 Å². The molecule has 0 saturated heterocycles. The summed E-state index contributed by atoms with van der Waals surface area (Å²) in [6, 6.07) is 5.16. The zero-order valence-corrected chi connectivity index (χ0v) is 11.2. The van der Waals surface area contributed by atoms with E-state index in [4.69, 9.17) is 5.11 Å². The molecule has 0 atom stereocenters. The summed E-state index contributed by atoms with van der Waals surface area (Å²) in [6.07, 6.45) is 2.24. The molecule has 1 amide bonds. The van der Waals surface area contributed by atoms with Crippen LogP contribution < -0.4 is 10.6 Å². The Hall–Kier alpha value is -1.40. The van der Waals surface area contributed by atoms with Gasteiger partial charge in [0.1, 0.15) is 0 Å². The smallest absolute Gasteiger partial charge is 0.336 e. The van der Waals surface area contributed by atoms with Crippen molar-refractivity contribution in [3.63, 3.8) is 0 Å². The highest BCUT2D eigenvalue weighted by Crippen LogP contribution is 2.21. The lowest BCUT2D eigenvalue weighted by Gasteiger charge is -2.07. The second kappa shape index (κ2) is 5.49. The molecule has 0 aliphatic heterocycles. The molecule has 0 heterocycles. The highest BCUT2D eigenvalue weighted by molar-refractivity contribution is 9.10. The van der Waals surface area contributed by atoms with Gasteiger partial charge in [0, 0.05) is 16.2 Å². The zero-order chi connectivity index (χ0) is 13.1. The first-order valence-corrected chi connectivity index (χ1v) is 6.41. The van der Waals surface area contributed by atoms with Gasteiger partial charge in [0.15, 0.2) is 0 Å². The van der Waals surface area contributed by atoms with E-state index < -0.39 is 5.97 Å². The zero-order valence-electron chi connectivity index (χ0n) is 9.57. The third-order valence-electron chi connectivity index (χ3n) is 2.61. The number of anilines is 1. The van der Waals surface area contributed by atoms with E-state index in [-0.39, 0.29) is 18.0 Å². The predicted octanol–water partition coefficient (Wildman–Crippen LogP) is 1.84. The number of halogens is 1. The quantitative estimate of drug-likeness (QED) is 0.775. The maximum Gasteiger partial charge on any atom is 0.336 e. The van der Waals surface area contributed by atoms with Crippen LogP contribution in [0.3, 0.4) is 0 Å². The Kier molecular flexibility index (Phi) is 3.98. The Morgan fingerprint density at radius 1 is 1.39 bits per heavy atom. The molecule has 3 N–H and O–H groups in total. The minimum absolute atomic E-state index is 0.128. The number of carbonyl (C=O) groups excluding carboxylic acids is 1. The standard InChI is InChI=1S/C12H13BrN2O3/c13-10-4-3-8(5-9(10)12(17)18)15-11(16)6-14-7-1-2-7/h3-5,7,14H,1-2,6H2,(H,15,16)(H,17,18). The fraction of sp³-hybridized carbons (Fsp3) is 0.333. The van der Waals surface area contributed by atoms with Crippen LogP contribution in [0.25, 0.3) is 0 Å². The third kappa shape index (κ3) is 3.54. The lowest BCUT2D eigenvalue weighted by molar-refractivity contribution is -0.115. The number of rotatable bonds is 5. The van der Waals surface area contributed by atoms with Crippen molar-refractivity contribution in [3.8, 4) is 0 Å². The predicted molar refractivity (Wildman–Crippen MR) is 70.8 cm³/mol. The van der Waals surface area contributed by atoms with E-state index in [0.717, 1.165) is 12.8 Å². The van der Waals surface area contributed by atoms with Crippen LogP contribution in [0, 0.1) is 0 Å². The molecule has 1 aromatic rings. The van der Waals surface area contributed by atoms with Crippen LogP contribution in [0.2, 0.25) is 0 Å². The van der Waals surface area contributed by atoms with Crippen molar-refractivity contribution < 1.29 is 14.7 Å². The monoisotopic (exact) mass is 312 g/mol. The molecule has 1 fully saturated rings. The highest BCUT2D eigenvalue weighted by Gasteiger charge is 2.21. The molecule has 0 aromatic heterocycles. The first-order valence-electron chi connectivity index (χ1n) is 5.62. The molecule has 0 bridgehead atoms. The number of carboxylic acid groups (broad SMARTS) is 1. The Balaban J connectivity index is 1.97. The Bertz CT molecular complexity index is 486. The van der Waals surface area contributed by atoms with Crippen LogP contribution in [0.15, 0.2) is 22.7 Å². The van der Waals surface area contributed by atoms with Crippen molar-refractivity contribution in [2.24, 2.45) is 0 Å². The van der Waals surface area contributed by atoms with Crippen molar-refractivity contribution in [1.82, 2.24) is 5.32 Å². The van der Waals surface area contributed by atoms with Crippen molar-refractivity contribution in [2.45, 2.75) is 18.9 Å². The molecule has 0 radical (unpaired) electrons. The Labute approximate surface area is 113 Å². The van der Waals surface area contributed by atoms with Gasteiger partial charge in [0.05, 0.1) is 12.1 Å². The number of carboxylic acids is 1. The SMILES string of the molecule is O=C(CNC1CC1)Nc1ccc(Br)c(C(=O)O)c1. The van der Waals surface area contributed by atoms with Gasteiger partial charge < -0.3 is 15.7 Å². The topological polar surface area (TPSA) is 78.4 Å². The Morgan fingerprint density at radius 3 is 2.72 bits per heavy atom. The summed E-state index contributed by atoms with van der Waals surface area (Å²) < 4.78 is 0.490. The normalized spacial score (nSPS) is 14.3. The molecule has 2 rings (SSSR count). The van der Waals surface area contributed by atoms with Gasteiger partial charge in [-0.2, -0.15) is 0 Å². The van der Waals surface area contributed by atoms with E-state index >= 15 is 0 Å². The summed E-state index contributed by atoms with van der Waals surface area (Å²) in [4.78, 5) is 22.5. The summed E-state index contributed by atoms with van der Waals surface area (Å²) >= 11 is 3.15. The van der Waals surface area contributed by atoms with Gasteiger partial charge >= 0.3 is 5.97 Å². The van der Waals surface area contributed by atoms with Crippen molar-refractivity contribution in [1.29, 1.82) is 0 Å². The molecule has 1 aromatic carbocycles. The summed E-state index contributed by atoms with van der Waals surface area (Å²) in [5.41, 5.74) is 0.612. The second-order valence-electron chi connectivity index (χ2n) is 4.20. The van der Waals surface area contributed by atoms with Crippen LogP contribution in [0.4, 0.5) is 5.69 Å². The number of nitrogens with one attached hydrogen (secondary N) is 2. The largest absolute Gasteiger partial charge is 0.478 e. The van der Waals surface area contributed by atoms with E-state index in [2.05, 4.69) is 26.6 Å². The number of hydrogen-bond donors (Lipinski definition) is 3. The van der Waals surface area contributed by atoms with Gasteiger partial charge in [-0.05, 0) is 47.0 Å². The minimum Gasteiger partial charge on any atom is -0.478 e. The molecule has 1 aliphatic carbocycles. The molecular formula is C12H13BrN2O3. The van der Waals surface area contributed by atoms with E-state index in [9.17, 15) is 9.59 Å². The van der Waals surface area contributed by atoms with E-state index in [1.807, 2.05) is 0 Å². The minimum atomic E-state index is -1.03. The van der Waals surface area contributed by atoms with Crippen LogP contribution in [-0.2, 0) is 4.79 Å². The molecule has 6 heteroatoms. The maximum atomic E-state index is 11.6. The fourth-order valence-electron chi connectivity index (χ4n) is 1.50.